The molecule has 3 N–H and O–H groups in total. The van der Waals surface area contributed by atoms with Gasteiger partial charge in [0.15, 0.2) is 0 Å². The number of aromatic amines is 1. The molecule has 13 heavy (non-hydrogen) atoms. The van der Waals surface area contributed by atoms with Gasteiger partial charge < -0.3 is 15.0 Å². The molecule has 2 rings (SSSR count). The molecule has 4 nitrogen and oxygen atoms in total. The molecule has 0 unspecified atom stereocenters. The maximum absolute atomic E-state index is 9.05. The Morgan fingerprint density at radius 1 is 1.38 bits per heavy atom. The lowest BCUT2D eigenvalue weighted by atomic mass is 9.79. The number of imidazole rings is 1. The van der Waals surface area contributed by atoms with Crippen LogP contribution in [0.1, 0.15) is 0 Å². The van der Waals surface area contributed by atoms with Gasteiger partial charge in [0.25, 0.3) is 0 Å². The zero-order chi connectivity index (χ0) is 9.42. The SMILES string of the molecule is OB(O)c1cc(Br)cc2[nH]cnc12. The summed E-state index contributed by atoms with van der Waals surface area (Å²) in [6.45, 7) is 0. The largest absolute Gasteiger partial charge is 0.490 e. The highest BCUT2D eigenvalue weighted by atomic mass is 79.9. The van der Waals surface area contributed by atoms with Gasteiger partial charge >= 0.3 is 7.12 Å². The summed E-state index contributed by atoms with van der Waals surface area (Å²) in [4.78, 5) is 6.88. The predicted octanol–water partition coefficient (Wildman–Crippen LogP) is 0.00520. The number of hydrogen-bond acceptors (Lipinski definition) is 3. The Labute approximate surface area is 82.9 Å². The van der Waals surface area contributed by atoms with Gasteiger partial charge in [-0.05, 0) is 12.1 Å². The van der Waals surface area contributed by atoms with Crippen LogP contribution in [0.4, 0.5) is 0 Å². The van der Waals surface area contributed by atoms with Crippen molar-refractivity contribution in [2.75, 3.05) is 0 Å². The van der Waals surface area contributed by atoms with E-state index in [9.17, 15) is 0 Å². The molecular weight excluding hydrogens is 235 g/mol. The molecule has 0 aliphatic heterocycles. The quantitative estimate of drug-likeness (QED) is 0.615. The van der Waals surface area contributed by atoms with E-state index in [4.69, 9.17) is 10.0 Å². The van der Waals surface area contributed by atoms with Gasteiger partial charge in [-0.25, -0.2) is 4.98 Å². The normalized spacial score (nSPS) is 10.7. The zero-order valence-electron chi connectivity index (χ0n) is 6.53. The van der Waals surface area contributed by atoms with Crippen LogP contribution >= 0.6 is 15.9 Å². The molecule has 1 aromatic carbocycles. The molecule has 66 valence electrons. The molecule has 0 spiro atoms. The van der Waals surface area contributed by atoms with Crippen LogP contribution in [0, 0.1) is 0 Å². The number of halogens is 1. The maximum atomic E-state index is 9.05. The summed E-state index contributed by atoms with van der Waals surface area (Å²) < 4.78 is 0.785. The molecular formula is C7H6BBrN2O2. The number of nitrogens with zero attached hydrogens (tertiary/aromatic N) is 1. The lowest BCUT2D eigenvalue weighted by Gasteiger charge is -2.00. The van der Waals surface area contributed by atoms with Crippen molar-refractivity contribution < 1.29 is 10.0 Å². The first-order valence-electron chi connectivity index (χ1n) is 3.67. The fourth-order valence-corrected chi connectivity index (χ4v) is 1.71. The molecule has 0 saturated heterocycles. The summed E-state index contributed by atoms with van der Waals surface area (Å²) in [5.74, 6) is 0. The second-order valence-electron chi connectivity index (χ2n) is 2.67. The van der Waals surface area contributed by atoms with E-state index in [1.54, 1.807) is 6.07 Å². The first kappa shape index (κ1) is 8.74. The monoisotopic (exact) mass is 240 g/mol. The Bertz CT molecular complexity index is 443. The number of aromatic nitrogens is 2. The van der Waals surface area contributed by atoms with Crippen LogP contribution in [0.15, 0.2) is 22.9 Å². The van der Waals surface area contributed by atoms with Crippen LogP contribution in [-0.2, 0) is 0 Å². The summed E-state index contributed by atoms with van der Waals surface area (Å²) in [5.41, 5.74) is 1.75. The molecule has 0 fully saturated rings. The lowest BCUT2D eigenvalue weighted by molar-refractivity contribution is 0.426. The lowest BCUT2D eigenvalue weighted by Crippen LogP contribution is -2.30. The summed E-state index contributed by atoms with van der Waals surface area (Å²) in [5, 5.41) is 18.1. The second-order valence-corrected chi connectivity index (χ2v) is 3.58. The van der Waals surface area contributed by atoms with E-state index in [1.807, 2.05) is 6.07 Å². The minimum Gasteiger partial charge on any atom is -0.423 e. The Hall–Kier alpha value is -0.845. The summed E-state index contributed by atoms with van der Waals surface area (Å²) in [6.07, 6.45) is 1.52. The van der Waals surface area contributed by atoms with Gasteiger partial charge in [-0.2, -0.15) is 0 Å². The minimum absolute atomic E-state index is 0.394. The number of benzene rings is 1. The highest BCUT2D eigenvalue weighted by Gasteiger charge is 2.16. The fourth-order valence-electron chi connectivity index (χ4n) is 1.24. The smallest absolute Gasteiger partial charge is 0.423 e. The van der Waals surface area contributed by atoms with Gasteiger partial charge in [0.05, 0.1) is 17.4 Å². The maximum Gasteiger partial charge on any atom is 0.490 e. The highest BCUT2D eigenvalue weighted by molar-refractivity contribution is 9.10. The van der Waals surface area contributed by atoms with Gasteiger partial charge in [0.1, 0.15) is 0 Å². The first-order chi connectivity index (χ1) is 6.18. The van der Waals surface area contributed by atoms with Crippen molar-refractivity contribution in [3.63, 3.8) is 0 Å². The van der Waals surface area contributed by atoms with Gasteiger partial charge in [0.2, 0.25) is 0 Å². The Balaban J connectivity index is 2.77. The molecule has 0 saturated carbocycles. The van der Waals surface area contributed by atoms with E-state index in [2.05, 4.69) is 25.9 Å². The van der Waals surface area contributed by atoms with Crippen LogP contribution in [0.25, 0.3) is 11.0 Å². The Morgan fingerprint density at radius 2 is 2.15 bits per heavy atom. The van der Waals surface area contributed by atoms with Gasteiger partial charge in [-0.3, -0.25) is 0 Å². The first-order valence-corrected chi connectivity index (χ1v) is 4.46. The zero-order valence-corrected chi connectivity index (χ0v) is 8.12. The average Bonchev–Trinajstić information content (AvgIpc) is 2.49. The summed E-state index contributed by atoms with van der Waals surface area (Å²) in [7, 11) is -1.50. The van der Waals surface area contributed by atoms with Crippen molar-refractivity contribution in [3.05, 3.63) is 22.9 Å². The van der Waals surface area contributed by atoms with Gasteiger partial charge in [-0.15, -0.1) is 0 Å². The van der Waals surface area contributed by atoms with Crippen LogP contribution in [0.5, 0.6) is 0 Å². The molecule has 0 aliphatic carbocycles. The predicted molar refractivity (Wildman–Crippen MR) is 53.6 cm³/mol. The van der Waals surface area contributed by atoms with Crippen LogP contribution in [0.3, 0.4) is 0 Å². The molecule has 2 aromatic rings. The molecule has 6 heteroatoms. The van der Waals surface area contributed by atoms with Crippen molar-refractivity contribution in [3.8, 4) is 0 Å². The standard InChI is InChI=1S/C7H6BBrN2O2/c9-4-1-5(8(12)13)7-6(2-4)10-3-11-7/h1-3,12-13H,(H,10,11). The van der Waals surface area contributed by atoms with E-state index < -0.39 is 7.12 Å². The molecule has 0 atom stereocenters. The fraction of sp³-hybridized carbons (Fsp3) is 0. The molecule has 0 radical (unpaired) electrons. The van der Waals surface area contributed by atoms with E-state index >= 15 is 0 Å². The molecule has 0 amide bonds. The topological polar surface area (TPSA) is 69.1 Å². The minimum atomic E-state index is -1.50. The van der Waals surface area contributed by atoms with E-state index in [1.165, 1.54) is 6.33 Å². The number of hydrogen-bond donors (Lipinski definition) is 3. The van der Waals surface area contributed by atoms with Crippen LogP contribution < -0.4 is 5.46 Å². The number of nitrogens with one attached hydrogen (secondary N) is 1. The van der Waals surface area contributed by atoms with Crippen molar-refractivity contribution in [1.82, 2.24) is 9.97 Å². The average molecular weight is 241 g/mol. The number of rotatable bonds is 1. The van der Waals surface area contributed by atoms with Crippen molar-refractivity contribution in [2.24, 2.45) is 0 Å². The van der Waals surface area contributed by atoms with Crippen LogP contribution in [-0.4, -0.2) is 27.1 Å². The highest BCUT2D eigenvalue weighted by Crippen LogP contribution is 2.14. The van der Waals surface area contributed by atoms with Crippen molar-refractivity contribution in [2.45, 2.75) is 0 Å². The Morgan fingerprint density at radius 3 is 2.85 bits per heavy atom. The number of fused-ring (bicyclic) bond motifs is 1. The van der Waals surface area contributed by atoms with E-state index in [-0.39, 0.29) is 0 Å². The number of H-pyrrole nitrogens is 1. The third-order valence-corrected chi connectivity index (χ3v) is 2.25. The third-order valence-electron chi connectivity index (χ3n) is 1.80. The van der Waals surface area contributed by atoms with Crippen molar-refractivity contribution >= 4 is 39.5 Å². The van der Waals surface area contributed by atoms with E-state index in [0.29, 0.717) is 11.0 Å². The van der Waals surface area contributed by atoms with Gasteiger partial charge in [0, 0.05) is 9.94 Å². The Kier molecular flexibility index (Phi) is 2.11. The van der Waals surface area contributed by atoms with Crippen molar-refractivity contribution in [1.29, 1.82) is 0 Å². The van der Waals surface area contributed by atoms with E-state index in [0.717, 1.165) is 9.99 Å². The van der Waals surface area contributed by atoms with Gasteiger partial charge in [-0.1, -0.05) is 15.9 Å². The summed E-state index contributed by atoms with van der Waals surface area (Å²) in [6, 6.07) is 3.46. The summed E-state index contributed by atoms with van der Waals surface area (Å²) >= 11 is 3.27. The molecule has 1 heterocycles. The third kappa shape index (κ3) is 1.48. The van der Waals surface area contributed by atoms with Crippen LogP contribution in [0.2, 0.25) is 0 Å². The molecule has 0 aliphatic rings. The molecule has 1 aromatic heterocycles. The molecule has 0 bridgehead atoms. The second kappa shape index (κ2) is 3.14.